The summed E-state index contributed by atoms with van der Waals surface area (Å²) >= 11 is 1.59. The predicted molar refractivity (Wildman–Crippen MR) is 125 cm³/mol. The quantitative estimate of drug-likeness (QED) is 0.468. The second kappa shape index (κ2) is 10.8. The molecule has 3 aromatic rings. The molecule has 10 heteroatoms. The molecule has 0 spiro atoms. The Bertz CT molecular complexity index is 1120. The van der Waals surface area contributed by atoms with Crippen LogP contribution in [0.5, 0.6) is 17.2 Å². The maximum atomic E-state index is 13.0. The van der Waals surface area contributed by atoms with Crippen molar-refractivity contribution in [1.82, 2.24) is 14.8 Å². The highest BCUT2D eigenvalue weighted by atomic mass is 32.1. The van der Waals surface area contributed by atoms with Gasteiger partial charge in [0.1, 0.15) is 10.8 Å². The van der Waals surface area contributed by atoms with Crippen molar-refractivity contribution in [2.45, 2.75) is 13.2 Å². The first-order valence-corrected chi connectivity index (χ1v) is 11.6. The van der Waals surface area contributed by atoms with Crippen LogP contribution in [0.3, 0.4) is 0 Å². The maximum Gasteiger partial charge on any atom is 0.387 e. The van der Waals surface area contributed by atoms with Gasteiger partial charge in [0.2, 0.25) is 0 Å². The fourth-order valence-electron chi connectivity index (χ4n) is 3.81. The van der Waals surface area contributed by atoms with E-state index in [1.165, 1.54) is 19.2 Å². The Morgan fingerprint density at radius 2 is 1.79 bits per heavy atom. The van der Waals surface area contributed by atoms with Crippen LogP contribution in [0.25, 0.3) is 10.6 Å². The Hall–Kier alpha value is -3.24. The third-order valence-corrected chi connectivity index (χ3v) is 6.51. The van der Waals surface area contributed by atoms with Crippen molar-refractivity contribution < 1.29 is 27.8 Å². The highest BCUT2D eigenvalue weighted by molar-refractivity contribution is 7.13. The third-order valence-electron chi connectivity index (χ3n) is 5.57. The van der Waals surface area contributed by atoms with Gasteiger partial charge in [-0.15, -0.1) is 11.3 Å². The molecule has 1 aliphatic heterocycles. The molecule has 0 unspecified atom stereocenters. The predicted octanol–water partition coefficient (Wildman–Crippen LogP) is 4.39. The van der Waals surface area contributed by atoms with E-state index in [0.29, 0.717) is 32.7 Å². The van der Waals surface area contributed by atoms with Crippen LogP contribution in [0.15, 0.2) is 47.8 Å². The van der Waals surface area contributed by atoms with Crippen molar-refractivity contribution in [3.05, 3.63) is 59.1 Å². The molecule has 1 aromatic heterocycles. The van der Waals surface area contributed by atoms with E-state index in [0.717, 1.165) is 22.0 Å². The zero-order chi connectivity index (χ0) is 24.1. The van der Waals surface area contributed by atoms with Crippen molar-refractivity contribution in [3.8, 4) is 27.8 Å². The molecule has 1 saturated heterocycles. The topological polar surface area (TPSA) is 64.1 Å². The summed E-state index contributed by atoms with van der Waals surface area (Å²) in [5.74, 6) is 0.307. The van der Waals surface area contributed by atoms with E-state index in [1.54, 1.807) is 29.4 Å². The van der Waals surface area contributed by atoms with Gasteiger partial charge in [0.25, 0.3) is 5.91 Å². The van der Waals surface area contributed by atoms with Crippen LogP contribution in [0, 0.1) is 0 Å². The second-order valence-electron chi connectivity index (χ2n) is 7.66. The molecular formula is C24H25F2N3O4S. The average molecular weight is 490 g/mol. The molecule has 4 rings (SSSR count). The first-order valence-electron chi connectivity index (χ1n) is 10.7. The molecule has 0 bridgehead atoms. The van der Waals surface area contributed by atoms with Gasteiger partial charge in [-0.2, -0.15) is 8.78 Å². The molecule has 0 aliphatic carbocycles. The van der Waals surface area contributed by atoms with E-state index in [9.17, 15) is 13.6 Å². The Balaban J connectivity index is 1.37. The number of carbonyl (C=O) groups excluding carboxylic acids is 1. The maximum absolute atomic E-state index is 13.0. The van der Waals surface area contributed by atoms with Gasteiger partial charge in [0.05, 0.1) is 25.5 Å². The van der Waals surface area contributed by atoms with Crippen LogP contribution in [0.4, 0.5) is 8.78 Å². The number of halogens is 2. The average Bonchev–Trinajstić information content (AvgIpc) is 3.32. The molecule has 1 amide bonds. The van der Waals surface area contributed by atoms with Crippen molar-refractivity contribution in [1.29, 1.82) is 0 Å². The third kappa shape index (κ3) is 5.45. The number of para-hydroxylation sites is 1. The van der Waals surface area contributed by atoms with Crippen molar-refractivity contribution >= 4 is 17.2 Å². The first-order chi connectivity index (χ1) is 16.5. The van der Waals surface area contributed by atoms with Crippen LogP contribution < -0.4 is 14.2 Å². The van der Waals surface area contributed by atoms with Crippen molar-refractivity contribution in [2.24, 2.45) is 0 Å². The lowest BCUT2D eigenvalue weighted by atomic mass is 10.1. The number of benzene rings is 2. The summed E-state index contributed by atoms with van der Waals surface area (Å²) in [4.78, 5) is 21.7. The first kappa shape index (κ1) is 23.9. The number of methoxy groups -OCH3 is 2. The van der Waals surface area contributed by atoms with Crippen LogP contribution >= 0.6 is 11.3 Å². The molecule has 1 fully saturated rings. The zero-order valence-electron chi connectivity index (χ0n) is 18.9. The second-order valence-corrected chi connectivity index (χ2v) is 8.51. The highest BCUT2D eigenvalue weighted by Gasteiger charge is 2.27. The number of amides is 1. The van der Waals surface area contributed by atoms with Gasteiger partial charge < -0.3 is 19.1 Å². The molecule has 34 heavy (non-hydrogen) atoms. The number of alkyl halides is 2. The van der Waals surface area contributed by atoms with Crippen LogP contribution in [-0.4, -0.2) is 67.7 Å². The standard InChI is InChI=1S/C24H25F2N3O4S/c1-31-18-8-6-16(7-9-18)22-27-17(15-34-22)14-28-10-12-29(13-11-28)23(30)19-4-3-5-20(32-2)21(19)33-24(25)26/h3-9,15,24H,10-14H2,1-2H3. The van der Waals surface area contributed by atoms with Gasteiger partial charge in [0.15, 0.2) is 11.5 Å². The molecule has 7 nitrogen and oxygen atoms in total. The number of rotatable bonds is 8. The molecular weight excluding hydrogens is 464 g/mol. The van der Waals surface area contributed by atoms with Crippen LogP contribution in [0.1, 0.15) is 16.1 Å². The van der Waals surface area contributed by atoms with Crippen molar-refractivity contribution in [3.63, 3.8) is 0 Å². The summed E-state index contributed by atoms with van der Waals surface area (Å²) in [6.07, 6.45) is 0. The minimum atomic E-state index is -3.05. The number of nitrogens with zero attached hydrogens (tertiary/aromatic N) is 3. The molecule has 0 atom stereocenters. The number of ether oxygens (including phenoxy) is 3. The molecule has 0 radical (unpaired) electrons. The fourth-order valence-corrected chi connectivity index (χ4v) is 4.63. The number of thiazole rings is 1. The van der Waals surface area contributed by atoms with Gasteiger partial charge in [-0.05, 0) is 36.4 Å². The number of hydrogen-bond donors (Lipinski definition) is 0. The highest BCUT2D eigenvalue weighted by Crippen LogP contribution is 2.33. The fraction of sp³-hybridized carbons (Fsp3) is 0.333. The van der Waals surface area contributed by atoms with E-state index < -0.39 is 6.61 Å². The minimum Gasteiger partial charge on any atom is -0.497 e. The van der Waals surface area contributed by atoms with Gasteiger partial charge >= 0.3 is 6.61 Å². The summed E-state index contributed by atoms with van der Waals surface area (Å²) in [6.45, 7) is -0.139. The number of aromatic nitrogens is 1. The summed E-state index contributed by atoms with van der Waals surface area (Å²) in [7, 11) is 2.98. The Morgan fingerprint density at radius 1 is 1.06 bits per heavy atom. The van der Waals surface area contributed by atoms with E-state index in [-0.39, 0.29) is 23.0 Å². The lowest BCUT2D eigenvalue weighted by Crippen LogP contribution is -2.48. The van der Waals surface area contributed by atoms with Gasteiger partial charge in [-0.25, -0.2) is 4.98 Å². The SMILES string of the molecule is COc1ccc(-c2nc(CN3CCN(C(=O)c4cccc(OC)c4OC(F)F)CC3)cs2)cc1. The summed E-state index contributed by atoms with van der Waals surface area (Å²) in [5.41, 5.74) is 2.07. The molecule has 0 N–H and O–H groups in total. The van der Waals surface area contributed by atoms with E-state index >= 15 is 0 Å². The lowest BCUT2D eigenvalue weighted by molar-refractivity contribution is -0.0517. The number of hydrogen-bond acceptors (Lipinski definition) is 7. The Labute approximate surface area is 200 Å². The molecule has 2 aromatic carbocycles. The normalized spacial score (nSPS) is 14.3. The van der Waals surface area contributed by atoms with Crippen LogP contribution in [0.2, 0.25) is 0 Å². The smallest absolute Gasteiger partial charge is 0.387 e. The summed E-state index contributed by atoms with van der Waals surface area (Å²) in [6, 6.07) is 12.3. The van der Waals surface area contributed by atoms with Gasteiger partial charge in [-0.1, -0.05) is 6.07 Å². The number of carbonyl (C=O) groups is 1. The summed E-state index contributed by atoms with van der Waals surface area (Å²) in [5, 5.41) is 2.98. The zero-order valence-corrected chi connectivity index (χ0v) is 19.7. The Morgan fingerprint density at radius 3 is 2.44 bits per heavy atom. The minimum absolute atomic E-state index is 0.0664. The molecule has 1 aliphatic rings. The molecule has 2 heterocycles. The van der Waals surface area contributed by atoms with Gasteiger partial charge in [0, 0.05) is 43.7 Å². The lowest BCUT2D eigenvalue weighted by Gasteiger charge is -2.34. The summed E-state index contributed by atoms with van der Waals surface area (Å²) < 4.78 is 40.7. The molecule has 0 saturated carbocycles. The van der Waals surface area contributed by atoms with Crippen molar-refractivity contribution in [2.75, 3.05) is 40.4 Å². The van der Waals surface area contributed by atoms with E-state index in [1.807, 2.05) is 29.6 Å². The van der Waals surface area contributed by atoms with E-state index in [2.05, 4.69) is 9.64 Å². The monoisotopic (exact) mass is 489 g/mol. The Kier molecular flexibility index (Phi) is 7.59. The van der Waals surface area contributed by atoms with Gasteiger partial charge in [-0.3, -0.25) is 9.69 Å². The van der Waals surface area contributed by atoms with E-state index in [4.69, 9.17) is 14.5 Å². The number of piperazine rings is 1. The largest absolute Gasteiger partial charge is 0.497 e. The molecule has 180 valence electrons. The van der Waals surface area contributed by atoms with Crippen LogP contribution in [-0.2, 0) is 6.54 Å².